The van der Waals surface area contributed by atoms with E-state index in [1.54, 1.807) is 0 Å². The minimum atomic E-state index is -0.572. The summed E-state index contributed by atoms with van der Waals surface area (Å²) in [4.78, 5) is 32.5. The highest BCUT2D eigenvalue weighted by Gasteiger charge is 2.10. The minimum absolute atomic E-state index is 0.0102. The summed E-state index contributed by atoms with van der Waals surface area (Å²) < 4.78 is 4.92. The molecule has 0 atom stereocenters. The number of nitrogens with zero attached hydrogens (tertiary/aromatic N) is 1. The molecule has 0 amide bonds. The number of benzene rings is 1. The topological polar surface area (TPSA) is 86.5 Å². The van der Waals surface area contributed by atoms with Gasteiger partial charge in [0.25, 0.3) is 5.69 Å². The Morgan fingerprint density at radius 3 is 2.42 bits per heavy atom. The Kier molecular flexibility index (Phi) is 5.66. The normalized spacial score (nSPS) is 9.95. The van der Waals surface area contributed by atoms with Gasteiger partial charge in [0.15, 0.2) is 0 Å². The molecule has 0 aliphatic heterocycles. The highest BCUT2D eigenvalue weighted by molar-refractivity contribution is 5.95. The summed E-state index contributed by atoms with van der Waals surface area (Å²) in [7, 11) is 0. The van der Waals surface area contributed by atoms with E-state index < -0.39 is 10.9 Å². The summed E-state index contributed by atoms with van der Waals surface area (Å²) in [5.74, 6) is -0.715. The number of rotatable bonds is 7. The zero-order valence-corrected chi connectivity index (χ0v) is 10.6. The largest absolute Gasteiger partial charge is 0.460 e. The number of Topliss-reactive ketones (excluding diaryl/α,β-unsaturated/α-hetero) is 1. The van der Waals surface area contributed by atoms with Crippen molar-refractivity contribution < 1.29 is 19.2 Å². The molecule has 0 unspecified atom stereocenters. The Hall–Kier alpha value is -2.24. The van der Waals surface area contributed by atoms with Gasteiger partial charge in [-0.25, -0.2) is 0 Å². The first-order valence-corrected chi connectivity index (χ1v) is 5.93. The molecule has 0 fully saturated rings. The van der Waals surface area contributed by atoms with Crippen molar-refractivity contribution in [2.45, 2.75) is 32.8 Å². The molecular formula is C13H15NO5. The van der Waals surface area contributed by atoms with Crippen LogP contribution in [-0.2, 0) is 20.9 Å². The lowest BCUT2D eigenvalue weighted by Gasteiger charge is -2.04. The maximum atomic E-state index is 11.3. The van der Waals surface area contributed by atoms with Gasteiger partial charge in [0.2, 0.25) is 0 Å². The Morgan fingerprint density at radius 1 is 1.26 bits per heavy atom. The first-order valence-electron chi connectivity index (χ1n) is 5.93. The number of hydrogen-bond donors (Lipinski definition) is 0. The fraction of sp³-hybridized carbons (Fsp3) is 0.385. The van der Waals surface area contributed by atoms with Crippen molar-refractivity contribution in [2.24, 2.45) is 0 Å². The number of esters is 1. The third kappa shape index (κ3) is 5.29. The van der Waals surface area contributed by atoms with E-state index in [-0.39, 0.29) is 24.5 Å². The van der Waals surface area contributed by atoms with Crippen LogP contribution in [0, 0.1) is 10.1 Å². The molecule has 0 saturated carbocycles. The number of carbonyl (C=O) groups excluding carboxylic acids is 2. The van der Waals surface area contributed by atoms with Gasteiger partial charge in [0, 0.05) is 18.6 Å². The van der Waals surface area contributed by atoms with Crippen LogP contribution in [-0.4, -0.2) is 16.7 Å². The number of nitro benzene ring substituents is 1. The van der Waals surface area contributed by atoms with Crippen LogP contribution < -0.4 is 0 Å². The number of non-ortho nitro benzene ring substituents is 1. The van der Waals surface area contributed by atoms with Crippen LogP contribution in [0.3, 0.4) is 0 Å². The van der Waals surface area contributed by atoms with E-state index in [2.05, 4.69) is 0 Å². The van der Waals surface area contributed by atoms with Crippen LogP contribution in [0.5, 0.6) is 0 Å². The van der Waals surface area contributed by atoms with Crippen LogP contribution in [0.15, 0.2) is 24.3 Å². The number of nitro groups is 1. The third-order valence-electron chi connectivity index (χ3n) is 2.42. The van der Waals surface area contributed by atoms with E-state index in [9.17, 15) is 19.7 Å². The molecule has 102 valence electrons. The van der Waals surface area contributed by atoms with Gasteiger partial charge in [-0.1, -0.05) is 6.92 Å². The van der Waals surface area contributed by atoms with Crippen LogP contribution in [0.4, 0.5) is 5.69 Å². The predicted octanol–water partition coefficient (Wildman–Crippen LogP) is 2.40. The lowest BCUT2D eigenvalue weighted by Crippen LogP contribution is -2.10. The van der Waals surface area contributed by atoms with E-state index in [4.69, 9.17) is 4.74 Å². The van der Waals surface area contributed by atoms with Crippen molar-refractivity contribution in [1.82, 2.24) is 0 Å². The summed E-state index contributed by atoms with van der Waals surface area (Å²) in [5, 5.41) is 10.4. The highest BCUT2D eigenvalue weighted by Crippen LogP contribution is 2.12. The predicted molar refractivity (Wildman–Crippen MR) is 67.4 cm³/mol. The van der Waals surface area contributed by atoms with E-state index in [1.165, 1.54) is 24.3 Å². The monoisotopic (exact) mass is 265 g/mol. The van der Waals surface area contributed by atoms with Crippen molar-refractivity contribution >= 4 is 17.4 Å². The number of hydrogen-bond acceptors (Lipinski definition) is 5. The molecule has 0 radical (unpaired) electrons. The summed E-state index contributed by atoms with van der Waals surface area (Å²) in [6, 6.07) is 5.70. The zero-order valence-electron chi connectivity index (χ0n) is 10.6. The molecule has 1 rings (SSSR count). The fourth-order valence-electron chi connectivity index (χ4n) is 1.46. The Balaban J connectivity index is 2.42. The van der Waals surface area contributed by atoms with Gasteiger partial charge in [0.05, 0.1) is 4.92 Å². The number of ether oxygens (including phenoxy) is 1. The quantitative estimate of drug-likeness (QED) is 0.327. The molecule has 1 aromatic carbocycles. The van der Waals surface area contributed by atoms with Crippen molar-refractivity contribution in [3.8, 4) is 0 Å². The van der Waals surface area contributed by atoms with Crippen LogP contribution in [0.2, 0.25) is 0 Å². The van der Waals surface area contributed by atoms with Crippen LogP contribution in [0.25, 0.3) is 0 Å². The van der Waals surface area contributed by atoms with Gasteiger partial charge in [0.1, 0.15) is 18.8 Å². The molecule has 0 saturated heterocycles. The number of ketones is 1. The molecule has 0 aromatic heterocycles. The third-order valence-corrected chi connectivity index (χ3v) is 2.42. The molecule has 0 aliphatic carbocycles. The molecule has 6 heteroatoms. The average Bonchev–Trinajstić information content (AvgIpc) is 2.37. The maximum Gasteiger partial charge on any atom is 0.313 e. The van der Waals surface area contributed by atoms with Gasteiger partial charge in [-0.15, -0.1) is 0 Å². The van der Waals surface area contributed by atoms with Crippen molar-refractivity contribution in [3.63, 3.8) is 0 Å². The molecule has 0 spiro atoms. The first-order chi connectivity index (χ1) is 9.02. The zero-order chi connectivity index (χ0) is 14.3. The van der Waals surface area contributed by atoms with E-state index in [1.807, 2.05) is 6.92 Å². The molecule has 0 bridgehead atoms. The fourth-order valence-corrected chi connectivity index (χ4v) is 1.46. The lowest BCUT2D eigenvalue weighted by molar-refractivity contribution is -0.384. The smallest absolute Gasteiger partial charge is 0.313 e. The second kappa shape index (κ2) is 7.25. The summed E-state index contributed by atoms with van der Waals surface area (Å²) in [6.45, 7) is 1.87. The van der Waals surface area contributed by atoms with Gasteiger partial charge < -0.3 is 4.74 Å². The lowest BCUT2D eigenvalue weighted by atomic mass is 10.2. The van der Waals surface area contributed by atoms with Crippen LogP contribution >= 0.6 is 0 Å². The first kappa shape index (κ1) is 14.8. The molecule has 0 heterocycles. The molecule has 1 aromatic rings. The minimum Gasteiger partial charge on any atom is -0.460 e. The highest BCUT2D eigenvalue weighted by atomic mass is 16.6. The second-order valence-corrected chi connectivity index (χ2v) is 4.05. The van der Waals surface area contributed by atoms with E-state index in [0.717, 1.165) is 0 Å². The SMILES string of the molecule is CCCC(=O)CC(=O)OCc1ccc([N+](=O)[O-])cc1. The molecular weight excluding hydrogens is 250 g/mol. The molecule has 6 nitrogen and oxygen atoms in total. The average molecular weight is 265 g/mol. The Labute approximate surface area is 110 Å². The van der Waals surface area contributed by atoms with E-state index >= 15 is 0 Å². The molecule has 19 heavy (non-hydrogen) atoms. The Bertz CT molecular complexity index is 466. The molecule has 0 N–H and O–H groups in total. The van der Waals surface area contributed by atoms with Crippen molar-refractivity contribution in [1.29, 1.82) is 0 Å². The molecule has 0 aliphatic rings. The standard InChI is InChI=1S/C13H15NO5/c1-2-3-12(15)8-13(16)19-9-10-4-6-11(7-5-10)14(17)18/h4-7H,2-3,8-9H2,1H3. The van der Waals surface area contributed by atoms with Gasteiger partial charge in [-0.3, -0.25) is 19.7 Å². The summed E-state index contributed by atoms with van der Waals surface area (Å²) >= 11 is 0. The van der Waals surface area contributed by atoms with Gasteiger partial charge in [-0.05, 0) is 24.1 Å². The van der Waals surface area contributed by atoms with Crippen molar-refractivity contribution in [2.75, 3.05) is 0 Å². The van der Waals surface area contributed by atoms with Crippen molar-refractivity contribution in [3.05, 3.63) is 39.9 Å². The summed E-state index contributed by atoms with van der Waals surface area (Å²) in [5.41, 5.74) is 0.620. The second-order valence-electron chi connectivity index (χ2n) is 4.05. The van der Waals surface area contributed by atoms with E-state index in [0.29, 0.717) is 18.4 Å². The Morgan fingerprint density at radius 2 is 1.89 bits per heavy atom. The maximum absolute atomic E-state index is 11.3. The van der Waals surface area contributed by atoms with Gasteiger partial charge >= 0.3 is 5.97 Å². The number of carbonyl (C=O) groups is 2. The summed E-state index contributed by atoms with van der Waals surface area (Å²) in [6.07, 6.45) is 0.849. The van der Waals surface area contributed by atoms with Gasteiger partial charge in [-0.2, -0.15) is 0 Å². The van der Waals surface area contributed by atoms with Crippen LogP contribution in [0.1, 0.15) is 31.7 Å².